The van der Waals surface area contributed by atoms with Crippen molar-refractivity contribution in [2.24, 2.45) is 7.05 Å². The first-order valence-corrected chi connectivity index (χ1v) is 7.33. The number of hydrogen-bond acceptors (Lipinski definition) is 3. The second kappa shape index (κ2) is 5.42. The first kappa shape index (κ1) is 14.2. The van der Waals surface area contributed by atoms with Crippen molar-refractivity contribution < 1.29 is 4.79 Å². The molecule has 0 saturated carbocycles. The fraction of sp³-hybridized carbons (Fsp3) is 0.214. The van der Waals surface area contributed by atoms with Gasteiger partial charge in [0.2, 0.25) is 0 Å². The zero-order chi connectivity index (χ0) is 14.9. The summed E-state index contributed by atoms with van der Waals surface area (Å²) in [5, 5.41) is 3.75. The van der Waals surface area contributed by atoms with Crippen molar-refractivity contribution in [3.63, 3.8) is 0 Å². The normalized spacial score (nSPS) is 10.6. The number of anilines is 1. The van der Waals surface area contributed by atoms with Gasteiger partial charge >= 0.3 is 5.69 Å². The van der Waals surface area contributed by atoms with Crippen LogP contribution in [0.5, 0.6) is 0 Å². The minimum Gasteiger partial charge on any atom is -0.306 e. The van der Waals surface area contributed by atoms with Gasteiger partial charge in [-0.3, -0.25) is 9.36 Å². The van der Waals surface area contributed by atoms with Gasteiger partial charge in [-0.05, 0) is 19.9 Å². The van der Waals surface area contributed by atoms with E-state index in [2.05, 4.69) is 10.3 Å². The maximum atomic E-state index is 12.3. The molecule has 0 aliphatic carbocycles. The van der Waals surface area contributed by atoms with Crippen LogP contribution in [0.15, 0.2) is 29.1 Å². The molecule has 1 N–H and O–H groups in total. The summed E-state index contributed by atoms with van der Waals surface area (Å²) in [7, 11) is 2.45. The Morgan fingerprint density at radius 2 is 1.95 bits per heavy atom. The number of carbonyl (C=O) groups excluding carboxylic acids is 1. The van der Waals surface area contributed by atoms with Crippen molar-refractivity contribution in [3.05, 3.63) is 51.6 Å². The van der Waals surface area contributed by atoms with Crippen LogP contribution in [-0.2, 0) is 7.05 Å². The second-order valence-electron chi connectivity index (χ2n) is 4.78. The predicted molar refractivity (Wildman–Crippen MR) is 82.9 cm³/mol. The molecule has 1 amide bonds. The summed E-state index contributed by atoms with van der Waals surface area (Å²) in [6, 6.07) is 7.44. The van der Waals surface area contributed by atoms with Crippen LogP contribution in [0.1, 0.15) is 21.6 Å². The maximum Gasteiger partial charge on any atom is 0.349 e. The molecular weight excluding hydrogens is 270 g/mol. The van der Waals surface area contributed by atoms with Crippen LogP contribution < -0.4 is 16.2 Å². The molecule has 1 aromatic carbocycles. The maximum absolute atomic E-state index is 12.3. The molecule has 0 aliphatic heterocycles. The highest BCUT2D eigenvalue weighted by Gasteiger charge is 2.13. The molecule has 1 heterocycles. The van der Waals surface area contributed by atoms with Gasteiger partial charge in [-0.15, -0.1) is 0 Å². The SMILES string of the molecule is Cc1c(NC(=O)c2ccccc2[SiH3])nc(=O)n(C)c1C. The van der Waals surface area contributed by atoms with E-state index in [-0.39, 0.29) is 11.6 Å². The van der Waals surface area contributed by atoms with Crippen LogP contribution in [0.25, 0.3) is 0 Å². The Bertz CT molecular complexity index is 738. The Hall–Kier alpha value is -2.21. The van der Waals surface area contributed by atoms with E-state index >= 15 is 0 Å². The fourth-order valence-corrected chi connectivity index (χ4v) is 2.53. The van der Waals surface area contributed by atoms with Crippen molar-refractivity contribution in [1.29, 1.82) is 0 Å². The number of aromatic nitrogens is 2. The van der Waals surface area contributed by atoms with Gasteiger partial charge < -0.3 is 5.32 Å². The largest absolute Gasteiger partial charge is 0.349 e. The number of nitrogens with one attached hydrogen (secondary N) is 1. The van der Waals surface area contributed by atoms with Crippen LogP contribution in [0.2, 0.25) is 0 Å². The molecule has 0 atom stereocenters. The van der Waals surface area contributed by atoms with Crippen LogP contribution in [0, 0.1) is 13.8 Å². The molecule has 1 aromatic heterocycles. The number of hydrogen-bond donors (Lipinski definition) is 1. The van der Waals surface area contributed by atoms with E-state index in [4.69, 9.17) is 0 Å². The Labute approximate surface area is 120 Å². The molecular formula is C14H17N3O2Si. The lowest BCUT2D eigenvalue weighted by Gasteiger charge is -2.12. The zero-order valence-electron chi connectivity index (χ0n) is 12.0. The Morgan fingerprint density at radius 1 is 1.30 bits per heavy atom. The summed E-state index contributed by atoms with van der Waals surface area (Å²) in [5.74, 6) is 0.111. The quantitative estimate of drug-likeness (QED) is 0.767. The summed E-state index contributed by atoms with van der Waals surface area (Å²) in [6.45, 7) is 3.67. The van der Waals surface area contributed by atoms with Crippen molar-refractivity contribution in [3.8, 4) is 0 Å². The highest BCUT2D eigenvalue weighted by molar-refractivity contribution is 6.37. The van der Waals surface area contributed by atoms with Gasteiger partial charge in [-0.25, -0.2) is 4.79 Å². The van der Waals surface area contributed by atoms with Crippen molar-refractivity contribution in [2.75, 3.05) is 5.32 Å². The Morgan fingerprint density at radius 3 is 2.60 bits per heavy atom. The molecule has 2 rings (SSSR count). The summed E-state index contributed by atoms with van der Waals surface area (Å²) in [6.07, 6.45) is 0. The molecule has 0 spiro atoms. The van der Waals surface area contributed by atoms with Crippen LogP contribution in [0.4, 0.5) is 5.82 Å². The fourth-order valence-electron chi connectivity index (χ4n) is 1.95. The van der Waals surface area contributed by atoms with Crippen molar-refractivity contribution in [2.45, 2.75) is 13.8 Å². The molecule has 0 radical (unpaired) electrons. The molecule has 2 aromatic rings. The van der Waals surface area contributed by atoms with Crippen molar-refractivity contribution >= 4 is 27.2 Å². The van der Waals surface area contributed by atoms with Crippen LogP contribution >= 0.6 is 0 Å². The van der Waals surface area contributed by atoms with Gasteiger partial charge in [-0.2, -0.15) is 4.98 Å². The topological polar surface area (TPSA) is 64.0 Å². The molecule has 0 bridgehead atoms. The number of carbonyl (C=O) groups is 1. The minimum atomic E-state index is -0.373. The van der Waals surface area contributed by atoms with E-state index in [9.17, 15) is 9.59 Å². The smallest absolute Gasteiger partial charge is 0.306 e. The number of nitrogens with zero attached hydrogens (tertiary/aromatic N) is 2. The van der Waals surface area contributed by atoms with E-state index in [0.29, 0.717) is 11.4 Å². The lowest BCUT2D eigenvalue weighted by atomic mass is 10.2. The molecule has 20 heavy (non-hydrogen) atoms. The molecule has 0 fully saturated rings. The summed E-state index contributed by atoms with van der Waals surface area (Å²) >= 11 is 0. The van der Waals surface area contributed by atoms with Crippen molar-refractivity contribution in [1.82, 2.24) is 9.55 Å². The van der Waals surface area contributed by atoms with Gasteiger partial charge in [-0.1, -0.05) is 23.4 Å². The number of amides is 1. The summed E-state index contributed by atoms with van der Waals surface area (Å²) in [4.78, 5) is 27.9. The lowest BCUT2D eigenvalue weighted by molar-refractivity contribution is 0.102. The van der Waals surface area contributed by atoms with Gasteiger partial charge in [0.25, 0.3) is 5.91 Å². The molecule has 5 nitrogen and oxygen atoms in total. The molecule has 0 unspecified atom stereocenters. The zero-order valence-corrected chi connectivity index (χ0v) is 14.0. The molecule has 104 valence electrons. The Kier molecular flexibility index (Phi) is 3.85. The third kappa shape index (κ3) is 2.55. The first-order valence-electron chi connectivity index (χ1n) is 6.33. The monoisotopic (exact) mass is 287 g/mol. The number of rotatable bonds is 2. The average Bonchev–Trinajstić information content (AvgIpc) is 2.42. The molecule has 0 saturated heterocycles. The second-order valence-corrected chi connectivity index (χ2v) is 5.86. The average molecular weight is 287 g/mol. The summed E-state index contributed by atoms with van der Waals surface area (Å²) in [5.41, 5.74) is 1.85. The minimum absolute atomic E-state index is 0.223. The lowest BCUT2D eigenvalue weighted by Crippen LogP contribution is -2.28. The molecule has 0 aliphatic rings. The van der Waals surface area contributed by atoms with Gasteiger partial charge in [0, 0.05) is 34.1 Å². The van der Waals surface area contributed by atoms with Crippen LogP contribution in [-0.4, -0.2) is 25.7 Å². The third-order valence-electron chi connectivity index (χ3n) is 3.52. The van der Waals surface area contributed by atoms with E-state index in [1.807, 2.05) is 32.0 Å². The predicted octanol–water partition coefficient (Wildman–Crippen LogP) is -0.360. The third-order valence-corrected chi connectivity index (χ3v) is 4.39. The van der Waals surface area contributed by atoms with E-state index in [1.165, 1.54) is 4.57 Å². The van der Waals surface area contributed by atoms with Gasteiger partial charge in [0.05, 0.1) is 0 Å². The van der Waals surface area contributed by atoms with E-state index < -0.39 is 0 Å². The first-order chi connectivity index (χ1) is 9.41. The Balaban J connectivity index is 2.39. The van der Waals surface area contributed by atoms with E-state index in [1.54, 1.807) is 13.1 Å². The van der Waals surface area contributed by atoms with Gasteiger partial charge in [0.15, 0.2) is 0 Å². The highest BCUT2D eigenvalue weighted by Crippen LogP contribution is 2.13. The standard InChI is InChI=1S/C14H17N3O2Si/c1-8-9(2)17(3)14(19)16-12(8)15-13(18)10-6-4-5-7-11(10)20/h4-7H,1-3,20H3,(H,15,16,18,19). The highest BCUT2D eigenvalue weighted by atomic mass is 28.1. The van der Waals surface area contributed by atoms with E-state index in [0.717, 1.165) is 26.7 Å². The molecule has 6 heteroatoms. The van der Waals surface area contributed by atoms with Gasteiger partial charge in [0.1, 0.15) is 5.82 Å². The van der Waals surface area contributed by atoms with Crippen LogP contribution in [0.3, 0.4) is 0 Å². The number of benzene rings is 1. The summed E-state index contributed by atoms with van der Waals surface area (Å²) < 4.78 is 1.46.